The summed E-state index contributed by atoms with van der Waals surface area (Å²) in [4.78, 5) is 24.7. The van der Waals surface area contributed by atoms with Gasteiger partial charge in [-0.1, -0.05) is 13.8 Å². The lowest BCUT2D eigenvalue weighted by molar-refractivity contribution is -0.182. The second-order valence-electron chi connectivity index (χ2n) is 6.02. The molecule has 24 heavy (non-hydrogen) atoms. The van der Waals surface area contributed by atoms with E-state index in [4.69, 9.17) is 5.73 Å². The Balaban J connectivity index is 2.17. The van der Waals surface area contributed by atoms with Gasteiger partial charge in [-0.25, -0.2) is 0 Å². The summed E-state index contributed by atoms with van der Waals surface area (Å²) in [5, 5.41) is 4.18. The van der Waals surface area contributed by atoms with Gasteiger partial charge in [-0.2, -0.15) is 18.3 Å². The summed E-state index contributed by atoms with van der Waals surface area (Å²) in [6.45, 7) is 3.07. The minimum atomic E-state index is -4.58. The van der Waals surface area contributed by atoms with Crippen molar-refractivity contribution in [3.63, 3.8) is 0 Å². The highest BCUT2D eigenvalue weighted by atomic mass is 19.4. The van der Waals surface area contributed by atoms with Gasteiger partial charge in [0.25, 0.3) is 5.91 Å². The van der Waals surface area contributed by atoms with Crippen molar-refractivity contribution in [1.29, 1.82) is 0 Å². The number of carbonyl (C=O) groups excluding carboxylic acids is 2. The largest absolute Gasteiger partial charge is 0.394 e. The second-order valence-corrected chi connectivity index (χ2v) is 6.02. The third-order valence-electron chi connectivity index (χ3n) is 4.54. The third kappa shape index (κ3) is 3.54. The predicted octanol–water partition coefficient (Wildman–Crippen LogP) is 1.98. The Morgan fingerprint density at radius 3 is 2.42 bits per heavy atom. The Hall–Kier alpha value is -2.06. The molecule has 2 N–H and O–H groups in total. The first-order valence-electron chi connectivity index (χ1n) is 7.89. The Morgan fingerprint density at radius 1 is 1.33 bits per heavy atom. The van der Waals surface area contributed by atoms with Crippen LogP contribution < -0.4 is 5.73 Å². The number of likely N-dealkylation sites (tertiary alicyclic amines) is 1. The maximum atomic E-state index is 13.0. The number of hydrogen-bond acceptors (Lipinski definition) is 3. The van der Waals surface area contributed by atoms with Crippen molar-refractivity contribution in [1.82, 2.24) is 14.7 Å². The minimum Gasteiger partial charge on any atom is -0.369 e. The fraction of sp³-hybridized carbons (Fsp3) is 0.667. The molecule has 6 nitrogen and oxygen atoms in total. The average molecular weight is 346 g/mol. The molecule has 2 amide bonds. The van der Waals surface area contributed by atoms with Crippen LogP contribution in [-0.2, 0) is 4.79 Å². The highest BCUT2D eigenvalue weighted by Crippen LogP contribution is 2.37. The number of hydrogen-bond donors (Lipinski definition) is 1. The lowest BCUT2D eigenvalue weighted by Gasteiger charge is -2.18. The van der Waals surface area contributed by atoms with Gasteiger partial charge in [-0.15, -0.1) is 0 Å². The number of primary amides is 1. The van der Waals surface area contributed by atoms with E-state index in [9.17, 15) is 22.8 Å². The molecule has 0 aromatic carbocycles. The first-order valence-corrected chi connectivity index (χ1v) is 7.89. The van der Waals surface area contributed by atoms with Crippen LogP contribution in [0.4, 0.5) is 13.2 Å². The van der Waals surface area contributed by atoms with Crippen LogP contribution >= 0.6 is 0 Å². The predicted molar refractivity (Wildman–Crippen MR) is 80.0 cm³/mol. The lowest BCUT2D eigenvalue weighted by atomic mass is 9.95. The first kappa shape index (κ1) is 18.3. The van der Waals surface area contributed by atoms with Crippen molar-refractivity contribution in [2.45, 2.75) is 38.9 Å². The van der Waals surface area contributed by atoms with E-state index in [2.05, 4.69) is 5.10 Å². The van der Waals surface area contributed by atoms with Crippen LogP contribution in [0.2, 0.25) is 0 Å². The molecule has 1 saturated heterocycles. The molecule has 1 aliphatic heterocycles. The van der Waals surface area contributed by atoms with Crippen molar-refractivity contribution >= 4 is 11.8 Å². The van der Waals surface area contributed by atoms with Gasteiger partial charge < -0.3 is 10.6 Å². The fourth-order valence-corrected chi connectivity index (χ4v) is 3.07. The summed E-state index contributed by atoms with van der Waals surface area (Å²) in [5.74, 6) is -5.01. The highest BCUT2D eigenvalue weighted by molar-refractivity contribution is 5.93. The summed E-state index contributed by atoms with van der Waals surface area (Å²) < 4.78 is 40.8. The number of halogens is 3. The number of rotatable bonds is 5. The quantitative estimate of drug-likeness (QED) is 0.885. The lowest BCUT2D eigenvalue weighted by Crippen LogP contribution is -2.37. The molecule has 1 aromatic heterocycles. The Kier molecular flexibility index (Phi) is 5.19. The Labute approximate surface area is 137 Å². The molecule has 2 heterocycles. The molecule has 2 rings (SSSR count). The minimum absolute atomic E-state index is 0.0768. The van der Waals surface area contributed by atoms with Crippen LogP contribution in [0.15, 0.2) is 12.3 Å². The summed E-state index contributed by atoms with van der Waals surface area (Å²) in [6.07, 6.45) is -1.28. The highest BCUT2D eigenvalue weighted by Gasteiger charge is 2.53. The van der Waals surface area contributed by atoms with Crippen LogP contribution in [0.1, 0.15) is 43.2 Å². The normalized spacial score (nSPS) is 21.5. The van der Waals surface area contributed by atoms with Gasteiger partial charge in [-0.3, -0.25) is 14.3 Å². The Bertz CT molecular complexity index is 610. The monoisotopic (exact) mass is 346 g/mol. The van der Waals surface area contributed by atoms with Crippen molar-refractivity contribution in [2.24, 2.45) is 17.6 Å². The van der Waals surface area contributed by atoms with E-state index in [1.807, 2.05) is 13.8 Å². The van der Waals surface area contributed by atoms with E-state index < -0.39 is 36.4 Å². The molecule has 0 unspecified atom stereocenters. The van der Waals surface area contributed by atoms with E-state index in [0.29, 0.717) is 0 Å². The smallest absolute Gasteiger partial charge is 0.369 e. The summed E-state index contributed by atoms with van der Waals surface area (Å²) in [7, 11) is 0. The zero-order valence-electron chi connectivity index (χ0n) is 13.6. The summed E-state index contributed by atoms with van der Waals surface area (Å²) in [5.41, 5.74) is 5.15. The van der Waals surface area contributed by atoms with Crippen LogP contribution in [0.25, 0.3) is 0 Å². The number of nitrogens with two attached hydrogens (primary N) is 1. The second kappa shape index (κ2) is 6.82. The van der Waals surface area contributed by atoms with Crippen LogP contribution in [-0.4, -0.2) is 45.8 Å². The zero-order chi connectivity index (χ0) is 18.1. The number of amides is 2. The Morgan fingerprint density at radius 2 is 1.96 bits per heavy atom. The van der Waals surface area contributed by atoms with Crippen molar-refractivity contribution < 1.29 is 22.8 Å². The molecule has 1 fully saturated rings. The number of nitrogens with zero attached hydrogens (tertiary/aromatic N) is 3. The number of aromatic nitrogens is 2. The van der Waals surface area contributed by atoms with Gasteiger partial charge >= 0.3 is 6.18 Å². The van der Waals surface area contributed by atoms with E-state index in [1.165, 1.54) is 6.07 Å². The van der Waals surface area contributed by atoms with Gasteiger partial charge in [0.1, 0.15) is 5.69 Å². The maximum Gasteiger partial charge on any atom is 0.394 e. The van der Waals surface area contributed by atoms with Gasteiger partial charge in [0.2, 0.25) is 5.91 Å². The van der Waals surface area contributed by atoms with Crippen LogP contribution in [0.5, 0.6) is 0 Å². The molecule has 0 radical (unpaired) electrons. The van der Waals surface area contributed by atoms with Gasteiger partial charge in [-0.05, 0) is 18.9 Å². The summed E-state index contributed by atoms with van der Waals surface area (Å²) >= 11 is 0. The molecule has 1 aromatic rings. The third-order valence-corrected chi connectivity index (χ3v) is 4.54. The number of alkyl halides is 3. The van der Waals surface area contributed by atoms with Crippen LogP contribution in [0.3, 0.4) is 0 Å². The molecule has 0 aliphatic carbocycles. The molecule has 0 spiro atoms. The molecule has 9 heteroatoms. The summed E-state index contributed by atoms with van der Waals surface area (Å²) in [6, 6.07) is 1.62. The van der Waals surface area contributed by atoms with Crippen molar-refractivity contribution in [3.8, 4) is 0 Å². The molecule has 134 valence electrons. The molecule has 1 aliphatic rings. The van der Waals surface area contributed by atoms with Crippen molar-refractivity contribution in [3.05, 3.63) is 18.0 Å². The standard InChI is InChI=1S/C15H21F3N4O2/c1-3-9(4-2)22-6-5-12(20-22)14(24)21-7-10(13(19)23)11(8-21)15(16,17)18/h5-6,9-11H,3-4,7-8H2,1-2H3,(H2,19,23)/t10-,11-/m1/s1. The van der Waals surface area contributed by atoms with Gasteiger partial charge in [0.15, 0.2) is 0 Å². The SMILES string of the molecule is CCC(CC)n1ccc(C(=O)N2C[C@@H](C(F)(F)F)[C@H](C(N)=O)C2)n1. The molecule has 0 saturated carbocycles. The molecular weight excluding hydrogens is 325 g/mol. The fourth-order valence-electron chi connectivity index (χ4n) is 3.07. The topological polar surface area (TPSA) is 81.2 Å². The average Bonchev–Trinajstić information content (AvgIpc) is 3.14. The van der Waals surface area contributed by atoms with Crippen LogP contribution in [0, 0.1) is 11.8 Å². The van der Waals surface area contributed by atoms with Gasteiger partial charge in [0, 0.05) is 19.3 Å². The van der Waals surface area contributed by atoms with E-state index in [-0.39, 0.29) is 18.3 Å². The maximum absolute atomic E-state index is 13.0. The van der Waals surface area contributed by atoms with E-state index >= 15 is 0 Å². The van der Waals surface area contributed by atoms with Crippen molar-refractivity contribution in [2.75, 3.05) is 13.1 Å². The molecule has 2 atom stereocenters. The zero-order valence-corrected chi connectivity index (χ0v) is 13.6. The van der Waals surface area contributed by atoms with E-state index in [1.54, 1.807) is 10.9 Å². The number of carbonyl (C=O) groups is 2. The first-order chi connectivity index (χ1) is 11.2. The molecule has 0 bridgehead atoms. The van der Waals surface area contributed by atoms with Gasteiger partial charge in [0.05, 0.1) is 17.9 Å². The molecular formula is C15H21F3N4O2. The van der Waals surface area contributed by atoms with E-state index in [0.717, 1.165) is 17.7 Å².